The summed E-state index contributed by atoms with van der Waals surface area (Å²) in [6.45, 7) is 2.88. The van der Waals surface area contributed by atoms with Gasteiger partial charge in [-0.3, -0.25) is 0 Å². The Morgan fingerprint density at radius 2 is 1.95 bits per heavy atom. The van der Waals surface area contributed by atoms with Crippen LogP contribution in [0.5, 0.6) is 11.5 Å². The van der Waals surface area contributed by atoms with Crippen molar-refractivity contribution in [1.29, 1.82) is 0 Å². The van der Waals surface area contributed by atoms with Crippen molar-refractivity contribution >= 4 is 10.0 Å². The molecule has 1 fully saturated rings. The van der Waals surface area contributed by atoms with Gasteiger partial charge in [0, 0.05) is 25.2 Å². The zero-order valence-electron chi connectivity index (χ0n) is 13.3. The Balaban J connectivity index is 2.41. The second kappa shape index (κ2) is 6.85. The minimum absolute atomic E-state index is 0.160. The average Bonchev–Trinajstić information content (AvgIpc) is 2.53. The van der Waals surface area contributed by atoms with E-state index in [0.717, 1.165) is 12.8 Å². The van der Waals surface area contributed by atoms with Gasteiger partial charge in [-0.05, 0) is 30.9 Å². The van der Waals surface area contributed by atoms with E-state index < -0.39 is 10.0 Å². The number of nitrogens with zero attached hydrogens (tertiary/aromatic N) is 1. The average molecular weight is 328 g/mol. The van der Waals surface area contributed by atoms with Gasteiger partial charge in [-0.15, -0.1) is 0 Å². The first-order chi connectivity index (χ1) is 10.5. The lowest BCUT2D eigenvalue weighted by atomic mass is 9.93. The Kier molecular flexibility index (Phi) is 5.31. The van der Waals surface area contributed by atoms with E-state index in [1.165, 1.54) is 24.6 Å². The molecule has 2 atom stereocenters. The molecule has 124 valence electrons. The maximum atomic E-state index is 12.9. The fourth-order valence-electron chi connectivity index (χ4n) is 2.97. The van der Waals surface area contributed by atoms with E-state index in [4.69, 9.17) is 15.2 Å². The molecule has 2 rings (SSSR count). The highest BCUT2D eigenvalue weighted by Crippen LogP contribution is 2.33. The second-order valence-corrected chi connectivity index (χ2v) is 7.45. The SMILES string of the molecule is COc1ccc(S(=O)(=O)N2CCC[C@H](C)[C@@H]2CN)cc1OC. The van der Waals surface area contributed by atoms with Crippen molar-refractivity contribution in [3.05, 3.63) is 18.2 Å². The summed E-state index contributed by atoms with van der Waals surface area (Å²) in [5.74, 6) is 1.16. The van der Waals surface area contributed by atoms with Gasteiger partial charge in [0.05, 0.1) is 19.1 Å². The molecule has 0 aliphatic carbocycles. The molecule has 1 aromatic carbocycles. The first-order valence-corrected chi connectivity index (χ1v) is 8.83. The number of hydrogen-bond donors (Lipinski definition) is 1. The molecule has 0 amide bonds. The molecule has 1 aliphatic rings. The van der Waals surface area contributed by atoms with Crippen LogP contribution in [0.2, 0.25) is 0 Å². The third kappa shape index (κ3) is 3.06. The number of methoxy groups -OCH3 is 2. The van der Waals surface area contributed by atoms with Gasteiger partial charge in [-0.2, -0.15) is 4.31 Å². The summed E-state index contributed by atoms with van der Waals surface area (Å²) in [4.78, 5) is 0.206. The molecule has 7 heteroatoms. The van der Waals surface area contributed by atoms with E-state index in [0.29, 0.717) is 24.6 Å². The maximum Gasteiger partial charge on any atom is 0.243 e. The number of hydrogen-bond acceptors (Lipinski definition) is 5. The molecule has 0 radical (unpaired) electrons. The van der Waals surface area contributed by atoms with Crippen LogP contribution in [0.3, 0.4) is 0 Å². The van der Waals surface area contributed by atoms with E-state index >= 15 is 0 Å². The Bertz CT molecular complexity index is 618. The predicted molar refractivity (Wildman–Crippen MR) is 84.7 cm³/mol. The van der Waals surface area contributed by atoms with Crippen LogP contribution in [0, 0.1) is 5.92 Å². The summed E-state index contributed by atoms with van der Waals surface area (Å²) in [6, 6.07) is 4.49. The van der Waals surface area contributed by atoms with E-state index in [1.807, 2.05) is 6.92 Å². The summed E-state index contributed by atoms with van der Waals surface area (Å²) in [6.07, 6.45) is 1.85. The van der Waals surface area contributed by atoms with Gasteiger partial charge in [0.25, 0.3) is 0 Å². The number of rotatable bonds is 5. The molecule has 0 spiro atoms. The van der Waals surface area contributed by atoms with Gasteiger partial charge in [-0.25, -0.2) is 8.42 Å². The zero-order valence-corrected chi connectivity index (χ0v) is 14.1. The van der Waals surface area contributed by atoms with Crippen molar-refractivity contribution in [2.24, 2.45) is 11.7 Å². The monoisotopic (exact) mass is 328 g/mol. The molecule has 1 saturated heterocycles. The van der Waals surface area contributed by atoms with Crippen LogP contribution in [0.15, 0.2) is 23.1 Å². The molecule has 0 saturated carbocycles. The third-order valence-electron chi connectivity index (χ3n) is 4.27. The number of benzene rings is 1. The number of piperidine rings is 1. The van der Waals surface area contributed by atoms with E-state index in [-0.39, 0.29) is 16.9 Å². The minimum Gasteiger partial charge on any atom is -0.493 e. The lowest BCUT2D eigenvalue weighted by molar-refractivity contribution is 0.192. The molecule has 1 aliphatic heterocycles. The Labute approximate surface area is 132 Å². The standard InChI is InChI=1S/C15H24N2O4S/c1-11-5-4-8-17(13(11)10-16)22(18,19)12-6-7-14(20-2)15(9-12)21-3/h6-7,9,11,13H,4-5,8,10,16H2,1-3H3/t11-,13-/m0/s1. The number of ether oxygens (including phenoxy) is 2. The molecule has 22 heavy (non-hydrogen) atoms. The predicted octanol–water partition coefficient (Wildman–Crippen LogP) is 1.45. The highest BCUT2D eigenvalue weighted by molar-refractivity contribution is 7.89. The topological polar surface area (TPSA) is 81.9 Å². The Hall–Kier alpha value is -1.31. The van der Waals surface area contributed by atoms with Gasteiger partial charge in [0.2, 0.25) is 10.0 Å². The van der Waals surface area contributed by atoms with Gasteiger partial charge >= 0.3 is 0 Å². The normalized spacial score (nSPS) is 23.3. The quantitative estimate of drug-likeness (QED) is 0.885. The van der Waals surface area contributed by atoms with Crippen molar-refractivity contribution in [3.8, 4) is 11.5 Å². The molecule has 0 bridgehead atoms. The highest BCUT2D eigenvalue weighted by Gasteiger charge is 2.36. The van der Waals surface area contributed by atoms with Crippen molar-refractivity contribution in [1.82, 2.24) is 4.31 Å². The lowest BCUT2D eigenvalue weighted by Gasteiger charge is -2.38. The third-order valence-corrected chi connectivity index (χ3v) is 6.19. The van der Waals surface area contributed by atoms with Crippen molar-refractivity contribution in [2.75, 3.05) is 27.3 Å². The van der Waals surface area contributed by atoms with E-state index in [1.54, 1.807) is 12.1 Å². The fourth-order valence-corrected chi connectivity index (χ4v) is 4.76. The molecule has 6 nitrogen and oxygen atoms in total. The van der Waals surface area contributed by atoms with Crippen LogP contribution in [-0.2, 0) is 10.0 Å². The number of sulfonamides is 1. The first-order valence-electron chi connectivity index (χ1n) is 7.39. The smallest absolute Gasteiger partial charge is 0.243 e. The van der Waals surface area contributed by atoms with Crippen molar-refractivity contribution in [3.63, 3.8) is 0 Å². The van der Waals surface area contributed by atoms with Gasteiger partial charge in [0.15, 0.2) is 11.5 Å². The summed E-state index contributed by atoms with van der Waals surface area (Å²) >= 11 is 0. The maximum absolute atomic E-state index is 12.9. The first kappa shape index (κ1) is 17.1. The van der Waals surface area contributed by atoms with Gasteiger partial charge in [-0.1, -0.05) is 6.92 Å². The van der Waals surface area contributed by atoms with Crippen molar-refractivity contribution in [2.45, 2.75) is 30.7 Å². The summed E-state index contributed by atoms with van der Waals surface area (Å²) in [5.41, 5.74) is 5.81. The lowest BCUT2D eigenvalue weighted by Crippen LogP contribution is -2.51. The summed E-state index contributed by atoms with van der Waals surface area (Å²) < 4.78 is 37.8. The molecule has 1 heterocycles. The zero-order chi connectivity index (χ0) is 16.3. The molecular weight excluding hydrogens is 304 g/mol. The molecular formula is C15H24N2O4S. The van der Waals surface area contributed by atoms with Crippen LogP contribution in [-0.4, -0.2) is 46.1 Å². The molecule has 1 aromatic rings. The highest BCUT2D eigenvalue weighted by atomic mass is 32.2. The molecule has 0 aromatic heterocycles. The molecule has 2 N–H and O–H groups in total. The van der Waals surface area contributed by atoms with Gasteiger partial charge in [0.1, 0.15) is 0 Å². The van der Waals surface area contributed by atoms with E-state index in [2.05, 4.69) is 0 Å². The summed E-state index contributed by atoms with van der Waals surface area (Å²) in [5, 5.41) is 0. The minimum atomic E-state index is -3.60. The van der Waals surface area contributed by atoms with Crippen LogP contribution in [0.1, 0.15) is 19.8 Å². The fraction of sp³-hybridized carbons (Fsp3) is 0.600. The summed E-state index contributed by atoms with van der Waals surface area (Å²) in [7, 11) is -0.593. The van der Waals surface area contributed by atoms with Crippen LogP contribution in [0.25, 0.3) is 0 Å². The van der Waals surface area contributed by atoms with Gasteiger partial charge < -0.3 is 15.2 Å². The Morgan fingerprint density at radius 1 is 1.27 bits per heavy atom. The van der Waals surface area contributed by atoms with Crippen molar-refractivity contribution < 1.29 is 17.9 Å². The number of nitrogens with two attached hydrogens (primary N) is 1. The van der Waals surface area contributed by atoms with E-state index in [9.17, 15) is 8.42 Å². The molecule has 0 unspecified atom stereocenters. The largest absolute Gasteiger partial charge is 0.493 e. The van der Waals surface area contributed by atoms with Crippen LogP contribution in [0.4, 0.5) is 0 Å². The van der Waals surface area contributed by atoms with Crippen LogP contribution < -0.4 is 15.2 Å². The Morgan fingerprint density at radius 3 is 2.55 bits per heavy atom. The van der Waals surface area contributed by atoms with Crippen LogP contribution >= 0.6 is 0 Å². The second-order valence-electron chi connectivity index (χ2n) is 5.56.